The van der Waals surface area contributed by atoms with E-state index < -0.39 is 5.97 Å². The van der Waals surface area contributed by atoms with Gasteiger partial charge in [0.2, 0.25) is 0 Å². The quantitative estimate of drug-likeness (QED) is 0.418. The standard InChI is InChI=1S/C17H23NO3/c1-4-5-6-15-8-7-14(11-19)16(18-15)9-10-17(20)21-12-13(2)3/h7-11,13H,4-6,12H2,1-3H3/b10-9+. The SMILES string of the molecule is CCCCc1ccc(C=O)c(/C=C/C(=O)OCC(C)C)n1. The fourth-order valence-corrected chi connectivity index (χ4v) is 1.70. The molecular formula is C17H23NO3. The van der Waals surface area contributed by atoms with Gasteiger partial charge in [-0.2, -0.15) is 0 Å². The normalized spacial score (nSPS) is 11.0. The third kappa shape index (κ3) is 6.34. The van der Waals surface area contributed by atoms with Crippen LogP contribution in [0.4, 0.5) is 0 Å². The van der Waals surface area contributed by atoms with Gasteiger partial charge in [0.25, 0.3) is 0 Å². The Bertz CT molecular complexity index is 507. The number of ether oxygens (including phenoxy) is 1. The molecule has 0 atom stereocenters. The molecular weight excluding hydrogens is 266 g/mol. The molecule has 4 heteroatoms. The van der Waals surface area contributed by atoms with E-state index in [4.69, 9.17) is 4.74 Å². The molecule has 0 saturated carbocycles. The lowest BCUT2D eigenvalue weighted by Gasteiger charge is -2.05. The largest absolute Gasteiger partial charge is 0.462 e. The van der Waals surface area contributed by atoms with Crippen molar-refractivity contribution in [2.75, 3.05) is 6.61 Å². The minimum absolute atomic E-state index is 0.295. The zero-order valence-corrected chi connectivity index (χ0v) is 13.0. The van der Waals surface area contributed by atoms with Crippen LogP contribution >= 0.6 is 0 Å². The topological polar surface area (TPSA) is 56.3 Å². The molecule has 1 aromatic rings. The summed E-state index contributed by atoms with van der Waals surface area (Å²) >= 11 is 0. The number of hydrogen-bond acceptors (Lipinski definition) is 4. The highest BCUT2D eigenvalue weighted by atomic mass is 16.5. The van der Waals surface area contributed by atoms with Crippen molar-refractivity contribution in [2.24, 2.45) is 5.92 Å². The smallest absolute Gasteiger partial charge is 0.330 e. The summed E-state index contributed by atoms with van der Waals surface area (Å²) in [5, 5.41) is 0. The monoisotopic (exact) mass is 289 g/mol. The average molecular weight is 289 g/mol. The van der Waals surface area contributed by atoms with Crippen LogP contribution in [0.3, 0.4) is 0 Å². The second-order valence-electron chi connectivity index (χ2n) is 5.36. The number of nitrogens with zero attached hydrogens (tertiary/aromatic N) is 1. The van der Waals surface area contributed by atoms with Crippen molar-refractivity contribution < 1.29 is 14.3 Å². The zero-order chi connectivity index (χ0) is 15.7. The molecule has 1 heterocycles. The second-order valence-corrected chi connectivity index (χ2v) is 5.36. The molecule has 4 nitrogen and oxygen atoms in total. The van der Waals surface area contributed by atoms with Crippen LogP contribution in [0.1, 0.15) is 55.4 Å². The maximum atomic E-state index is 11.6. The number of unbranched alkanes of at least 4 members (excludes halogenated alkanes) is 1. The zero-order valence-electron chi connectivity index (χ0n) is 13.0. The van der Waals surface area contributed by atoms with Gasteiger partial charge in [-0.05, 0) is 37.0 Å². The maximum Gasteiger partial charge on any atom is 0.330 e. The first-order chi connectivity index (χ1) is 10.1. The highest BCUT2D eigenvalue weighted by Gasteiger charge is 2.05. The summed E-state index contributed by atoms with van der Waals surface area (Å²) < 4.78 is 5.05. The summed E-state index contributed by atoms with van der Waals surface area (Å²) in [5.41, 5.74) is 1.92. The summed E-state index contributed by atoms with van der Waals surface area (Å²) in [6, 6.07) is 3.60. The number of aromatic nitrogens is 1. The van der Waals surface area contributed by atoms with Gasteiger partial charge in [0.15, 0.2) is 6.29 Å². The molecule has 0 fully saturated rings. The fraction of sp³-hybridized carbons (Fsp3) is 0.471. The van der Waals surface area contributed by atoms with Crippen molar-refractivity contribution in [1.82, 2.24) is 4.98 Å². The molecule has 0 aromatic carbocycles. The minimum atomic E-state index is -0.415. The van der Waals surface area contributed by atoms with Crippen LogP contribution in [0.25, 0.3) is 6.08 Å². The van der Waals surface area contributed by atoms with Crippen LogP contribution in [-0.2, 0) is 16.0 Å². The molecule has 0 amide bonds. The van der Waals surface area contributed by atoms with Crippen molar-refractivity contribution in [1.29, 1.82) is 0 Å². The van der Waals surface area contributed by atoms with Gasteiger partial charge in [0.05, 0.1) is 12.3 Å². The number of aryl methyl sites for hydroxylation is 1. The summed E-state index contributed by atoms with van der Waals surface area (Å²) in [6.45, 7) is 6.44. The molecule has 0 unspecified atom stereocenters. The van der Waals surface area contributed by atoms with Crippen molar-refractivity contribution in [2.45, 2.75) is 40.0 Å². The molecule has 0 saturated heterocycles. The highest BCUT2D eigenvalue weighted by molar-refractivity contribution is 5.89. The third-order valence-electron chi connectivity index (χ3n) is 2.86. The molecule has 0 aliphatic heterocycles. The Morgan fingerprint density at radius 2 is 2.14 bits per heavy atom. The summed E-state index contributed by atoms with van der Waals surface area (Å²) in [6.07, 6.45) is 6.62. The van der Waals surface area contributed by atoms with Gasteiger partial charge in [-0.15, -0.1) is 0 Å². The molecule has 0 N–H and O–H groups in total. The van der Waals surface area contributed by atoms with Crippen molar-refractivity contribution >= 4 is 18.3 Å². The number of hydrogen-bond donors (Lipinski definition) is 0. The van der Waals surface area contributed by atoms with E-state index in [9.17, 15) is 9.59 Å². The Balaban J connectivity index is 2.79. The van der Waals surface area contributed by atoms with Crippen molar-refractivity contribution in [3.05, 3.63) is 35.2 Å². The first-order valence-electron chi connectivity index (χ1n) is 7.36. The number of aldehydes is 1. The Labute approximate surface area is 126 Å². The summed E-state index contributed by atoms with van der Waals surface area (Å²) in [4.78, 5) is 27.0. The maximum absolute atomic E-state index is 11.6. The number of carbonyl (C=O) groups excluding carboxylic acids is 2. The van der Waals surface area contributed by atoms with Crippen LogP contribution in [0.15, 0.2) is 18.2 Å². The van der Waals surface area contributed by atoms with E-state index in [0.717, 1.165) is 31.2 Å². The number of rotatable bonds is 8. The predicted molar refractivity (Wildman–Crippen MR) is 83.1 cm³/mol. The van der Waals surface area contributed by atoms with Gasteiger partial charge in [-0.3, -0.25) is 9.78 Å². The highest BCUT2D eigenvalue weighted by Crippen LogP contribution is 2.10. The van der Waals surface area contributed by atoms with Crippen LogP contribution < -0.4 is 0 Å². The number of carbonyl (C=O) groups is 2. The van der Waals surface area contributed by atoms with E-state index in [2.05, 4.69) is 11.9 Å². The third-order valence-corrected chi connectivity index (χ3v) is 2.86. The fourth-order valence-electron chi connectivity index (χ4n) is 1.70. The Morgan fingerprint density at radius 3 is 2.76 bits per heavy atom. The van der Waals surface area contributed by atoms with Crippen LogP contribution in [0, 0.1) is 5.92 Å². The predicted octanol–water partition coefficient (Wildman–Crippen LogP) is 3.45. The molecule has 1 rings (SSSR count). The lowest BCUT2D eigenvalue weighted by Crippen LogP contribution is -2.07. The molecule has 114 valence electrons. The van der Waals surface area contributed by atoms with Gasteiger partial charge < -0.3 is 4.74 Å². The van der Waals surface area contributed by atoms with E-state index in [1.54, 1.807) is 12.1 Å². The number of esters is 1. The molecule has 0 aliphatic carbocycles. The van der Waals surface area contributed by atoms with Crippen molar-refractivity contribution in [3.63, 3.8) is 0 Å². The minimum Gasteiger partial charge on any atom is -0.462 e. The molecule has 21 heavy (non-hydrogen) atoms. The molecule has 0 aliphatic rings. The van der Waals surface area contributed by atoms with Crippen LogP contribution in [0.5, 0.6) is 0 Å². The van der Waals surface area contributed by atoms with Crippen LogP contribution in [-0.4, -0.2) is 23.8 Å². The summed E-state index contributed by atoms with van der Waals surface area (Å²) in [7, 11) is 0. The Kier molecular flexibility index (Phi) is 7.37. The van der Waals surface area contributed by atoms with Gasteiger partial charge in [-0.1, -0.05) is 27.2 Å². The van der Waals surface area contributed by atoms with E-state index in [0.29, 0.717) is 23.8 Å². The van der Waals surface area contributed by atoms with E-state index in [1.165, 1.54) is 6.08 Å². The van der Waals surface area contributed by atoms with Gasteiger partial charge in [-0.25, -0.2) is 4.79 Å². The van der Waals surface area contributed by atoms with Gasteiger partial charge in [0, 0.05) is 17.3 Å². The Hall–Kier alpha value is -1.97. The average Bonchev–Trinajstić information content (AvgIpc) is 2.48. The Morgan fingerprint density at radius 1 is 1.38 bits per heavy atom. The van der Waals surface area contributed by atoms with Gasteiger partial charge in [0.1, 0.15) is 0 Å². The lowest BCUT2D eigenvalue weighted by molar-refractivity contribution is -0.138. The lowest BCUT2D eigenvalue weighted by atomic mass is 10.1. The summed E-state index contributed by atoms with van der Waals surface area (Å²) in [5.74, 6) is -0.121. The van der Waals surface area contributed by atoms with E-state index >= 15 is 0 Å². The van der Waals surface area contributed by atoms with E-state index in [1.807, 2.05) is 19.9 Å². The van der Waals surface area contributed by atoms with Crippen LogP contribution in [0.2, 0.25) is 0 Å². The van der Waals surface area contributed by atoms with E-state index in [-0.39, 0.29) is 0 Å². The first kappa shape index (κ1) is 17.1. The first-order valence-corrected chi connectivity index (χ1v) is 7.36. The van der Waals surface area contributed by atoms with Gasteiger partial charge >= 0.3 is 5.97 Å². The molecule has 0 spiro atoms. The number of pyridine rings is 1. The molecule has 1 aromatic heterocycles. The molecule has 0 bridgehead atoms. The molecule has 0 radical (unpaired) electrons. The second kappa shape index (κ2) is 9.06. The van der Waals surface area contributed by atoms with Crippen molar-refractivity contribution in [3.8, 4) is 0 Å².